The molecule has 1 heterocycles. The second-order valence-electron chi connectivity index (χ2n) is 4.90. The molecule has 1 aromatic rings. The molecule has 4 nitrogen and oxygen atoms in total. The lowest BCUT2D eigenvalue weighted by molar-refractivity contribution is -0.197. The summed E-state index contributed by atoms with van der Waals surface area (Å²) in [6.45, 7) is -0.256. The number of methoxy groups -OCH3 is 2. The smallest absolute Gasteiger partial charge is 0.402 e. The highest BCUT2D eigenvalue weighted by Crippen LogP contribution is 2.46. The molecule has 0 aliphatic carbocycles. The van der Waals surface area contributed by atoms with Crippen LogP contribution in [-0.2, 0) is 0 Å². The first-order valence-electron chi connectivity index (χ1n) is 6.40. The Hall–Kier alpha value is -1.76. The molecule has 0 saturated carbocycles. The van der Waals surface area contributed by atoms with Crippen LogP contribution in [0.4, 0.5) is 13.2 Å². The Morgan fingerprint density at radius 1 is 1.29 bits per heavy atom. The van der Waals surface area contributed by atoms with Gasteiger partial charge in [0.15, 0.2) is 5.78 Å². The van der Waals surface area contributed by atoms with Crippen molar-refractivity contribution >= 4 is 5.78 Å². The molecule has 1 aliphatic heterocycles. The summed E-state index contributed by atoms with van der Waals surface area (Å²) in [5.74, 6) is -0.483. The Balaban J connectivity index is 2.47. The molecule has 0 bridgehead atoms. The van der Waals surface area contributed by atoms with Crippen LogP contribution >= 0.6 is 0 Å². The monoisotopic (exact) mass is 303 g/mol. The van der Waals surface area contributed by atoms with Gasteiger partial charge in [-0.25, -0.2) is 0 Å². The SMILES string of the molecule is COc1ccc(C(=O)C2(C(F)(F)F)CCNC2)c(OC)c1. The fraction of sp³-hybridized carbons (Fsp3) is 0.500. The van der Waals surface area contributed by atoms with Gasteiger partial charge in [-0.2, -0.15) is 13.2 Å². The number of carbonyl (C=O) groups is 1. The summed E-state index contributed by atoms with van der Waals surface area (Å²) < 4.78 is 50.2. The van der Waals surface area contributed by atoms with Crippen LogP contribution in [0, 0.1) is 5.41 Å². The van der Waals surface area contributed by atoms with Crippen LogP contribution in [0.15, 0.2) is 18.2 Å². The second-order valence-corrected chi connectivity index (χ2v) is 4.90. The standard InChI is InChI=1S/C14H16F3NO3/c1-20-9-3-4-10(11(7-9)21-2)12(19)13(14(15,16)17)5-6-18-8-13/h3-4,7,18H,5-6,8H2,1-2H3. The number of carbonyl (C=O) groups excluding carboxylic acids is 1. The van der Waals surface area contributed by atoms with Crippen LogP contribution in [0.1, 0.15) is 16.8 Å². The summed E-state index contributed by atoms with van der Waals surface area (Å²) in [5, 5.41) is 2.62. The van der Waals surface area contributed by atoms with Gasteiger partial charge in [0.2, 0.25) is 0 Å². The van der Waals surface area contributed by atoms with Crippen molar-refractivity contribution < 1.29 is 27.4 Å². The molecule has 0 amide bonds. The van der Waals surface area contributed by atoms with E-state index < -0.39 is 23.9 Å². The van der Waals surface area contributed by atoms with Gasteiger partial charge in [-0.15, -0.1) is 0 Å². The van der Waals surface area contributed by atoms with Crippen molar-refractivity contribution in [3.05, 3.63) is 23.8 Å². The highest BCUT2D eigenvalue weighted by molar-refractivity contribution is 6.04. The number of alkyl halides is 3. The van der Waals surface area contributed by atoms with Crippen molar-refractivity contribution in [2.24, 2.45) is 5.41 Å². The number of nitrogens with one attached hydrogen (secondary N) is 1. The maximum absolute atomic E-state index is 13.4. The van der Waals surface area contributed by atoms with Gasteiger partial charge in [0, 0.05) is 12.6 Å². The highest BCUT2D eigenvalue weighted by Gasteiger charge is 2.61. The van der Waals surface area contributed by atoms with Crippen LogP contribution in [-0.4, -0.2) is 39.3 Å². The number of halogens is 3. The average molecular weight is 303 g/mol. The summed E-state index contributed by atoms with van der Waals surface area (Å²) in [7, 11) is 2.73. The summed E-state index contributed by atoms with van der Waals surface area (Å²) >= 11 is 0. The molecule has 2 rings (SSSR count). The number of hydrogen-bond acceptors (Lipinski definition) is 4. The van der Waals surface area contributed by atoms with E-state index in [0.717, 1.165) is 0 Å². The number of hydrogen-bond donors (Lipinski definition) is 1. The minimum atomic E-state index is -4.61. The van der Waals surface area contributed by atoms with Crippen molar-refractivity contribution in [3.8, 4) is 11.5 Å². The van der Waals surface area contributed by atoms with Gasteiger partial charge in [-0.05, 0) is 25.1 Å². The molecule has 1 aromatic carbocycles. The third-order valence-electron chi connectivity index (χ3n) is 3.79. The second kappa shape index (κ2) is 5.55. The number of Topliss-reactive ketones (excluding diaryl/α,β-unsaturated/α-hetero) is 1. The summed E-state index contributed by atoms with van der Waals surface area (Å²) in [5.41, 5.74) is -2.48. The van der Waals surface area contributed by atoms with E-state index in [1.165, 1.54) is 32.4 Å². The Labute approximate surface area is 120 Å². The zero-order valence-corrected chi connectivity index (χ0v) is 11.7. The topological polar surface area (TPSA) is 47.6 Å². The van der Waals surface area contributed by atoms with Crippen LogP contribution in [0.3, 0.4) is 0 Å². The Morgan fingerprint density at radius 2 is 2.00 bits per heavy atom. The molecule has 0 aromatic heterocycles. The lowest BCUT2D eigenvalue weighted by Gasteiger charge is -2.29. The van der Waals surface area contributed by atoms with Crippen molar-refractivity contribution in [2.75, 3.05) is 27.3 Å². The zero-order chi connectivity index (χ0) is 15.7. The van der Waals surface area contributed by atoms with E-state index in [0.29, 0.717) is 5.75 Å². The number of ether oxygens (including phenoxy) is 2. The first kappa shape index (κ1) is 15.6. The van der Waals surface area contributed by atoms with E-state index in [9.17, 15) is 18.0 Å². The first-order chi connectivity index (χ1) is 9.85. The van der Waals surface area contributed by atoms with Gasteiger partial charge >= 0.3 is 6.18 Å². The molecule has 1 fully saturated rings. The van der Waals surface area contributed by atoms with Gasteiger partial charge in [0.25, 0.3) is 0 Å². The molecule has 0 radical (unpaired) electrons. The minimum absolute atomic E-state index is 0.0786. The van der Waals surface area contributed by atoms with Gasteiger partial charge in [-0.3, -0.25) is 4.79 Å². The molecule has 0 spiro atoms. The van der Waals surface area contributed by atoms with E-state index in [-0.39, 0.29) is 24.3 Å². The quantitative estimate of drug-likeness (QED) is 0.868. The molecule has 1 unspecified atom stereocenters. The Kier molecular flexibility index (Phi) is 4.13. The van der Waals surface area contributed by atoms with Gasteiger partial charge < -0.3 is 14.8 Å². The van der Waals surface area contributed by atoms with Crippen molar-refractivity contribution in [1.29, 1.82) is 0 Å². The molecule has 1 N–H and O–H groups in total. The van der Waals surface area contributed by atoms with Crippen LogP contribution < -0.4 is 14.8 Å². The maximum Gasteiger partial charge on any atom is 0.402 e. The van der Waals surface area contributed by atoms with Crippen LogP contribution in [0.5, 0.6) is 11.5 Å². The molecular weight excluding hydrogens is 287 g/mol. The summed E-state index contributed by atoms with van der Waals surface area (Å²) in [6.07, 6.45) is -4.89. The molecule has 21 heavy (non-hydrogen) atoms. The van der Waals surface area contributed by atoms with Crippen molar-refractivity contribution in [3.63, 3.8) is 0 Å². The van der Waals surface area contributed by atoms with E-state index >= 15 is 0 Å². The van der Waals surface area contributed by atoms with E-state index in [1.807, 2.05) is 0 Å². The zero-order valence-electron chi connectivity index (χ0n) is 11.7. The molecule has 1 atom stereocenters. The molecule has 1 aliphatic rings. The lowest BCUT2D eigenvalue weighted by Crippen LogP contribution is -2.46. The van der Waals surface area contributed by atoms with Crippen molar-refractivity contribution in [1.82, 2.24) is 5.32 Å². The maximum atomic E-state index is 13.4. The molecule has 116 valence electrons. The van der Waals surface area contributed by atoms with Crippen LogP contribution in [0.2, 0.25) is 0 Å². The third kappa shape index (κ3) is 2.57. The Bertz CT molecular complexity index is 537. The molecule has 7 heteroatoms. The van der Waals surface area contributed by atoms with Gasteiger partial charge in [0.1, 0.15) is 16.9 Å². The largest absolute Gasteiger partial charge is 0.497 e. The minimum Gasteiger partial charge on any atom is -0.497 e. The fourth-order valence-corrected chi connectivity index (χ4v) is 2.50. The number of benzene rings is 1. The van der Waals surface area contributed by atoms with Gasteiger partial charge in [-0.1, -0.05) is 0 Å². The van der Waals surface area contributed by atoms with Crippen LogP contribution in [0.25, 0.3) is 0 Å². The normalized spacial score (nSPS) is 22.1. The van der Waals surface area contributed by atoms with E-state index in [2.05, 4.69) is 5.32 Å². The number of rotatable bonds is 4. The summed E-state index contributed by atoms with van der Waals surface area (Å²) in [6, 6.07) is 4.16. The first-order valence-corrected chi connectivity index (χ1v) is 6.40. The molecular formula is C14H16F3NO3. The predicted molar refractivity (Wildman–Crippen MR) is 69.9 cm³/mol. The highest BCUT2D eigenvalue weighted by atomic mass is 19.4. The van der Waals surface area contributed by atoms with E-state index in [1.54, 1.807) is 0 Å². The predicted octanol–water partition coefficient (Wildman–Crippen LogP) is 2.43. The lowest BCUT2D eigenvalue weighted by atomic mass is 9.78. The van der Waals surface area contributed by atoms with Crippen molar-refractivity contribution in [2.45, 2.75) is 12.6 Å². The Morgan fingerprint density at radius 3 is 2.48 bits per heavy atom. The fourth-order valence-electron chi connectivity index (χ4n) is 2.50. The average Bonchev–Trinajstić information content (AvgIpc) is 2.96. The third-order valence-corrected chi connectivity index (χ3v) is 3.79. The van der Waals surface area contributed by atoms with Gasteiger partial charge in [0.05, 0.1) is 19.8 Å². The molecule has 1 saturated heterocycles. The number of ketones is 1. The van der Waals surface area contributed by atoms with E-state index in [4.69, 9.17) is 9.47 Å². The summed E-state index contributed by atoms with van der Waals surface area (Å²) in [4.78, 5) is 12.5.